The van der Waals surface area contributed by atoms with Crippen LogP contribution in [0.5, 0.6) is 0 Å². The van der Waals surface area contributed by atoms with E-state index < -0.39 is 0 Å². The van der Waals surface area contributed by atoms with Crippen molar-refractivity contribution in [1.82, 2.24) is 8.75 Å². The van der Waals surface area contributed by atoms with Gasteiger partial charge in [-0.3, -0.25) is 0 Å². The largest absolute Gasteiger partial charge is 0.172 e. The lowest BCUT2D eigenvalue weighted by molar-refractivity contribution is 1.58. The highest BCUT2D eigenvalue weighted by molar-refractivity contribution is 7.00. The Labute approximate surface area is 219 Å². The highest BCUT2D eigenvalue weighted by Crippen LogP contribution is 2.43. The minimum absolute atomic E-state index is 0.957. The molecule has 1 heterocycles. The molecule has 0 fully saturated rings. The second-order valence-corrected chi connectivity index (χ2v) is 9.67. The van der Waals surface area contributed by atoms with Crippen LogP contribution in [0.25, 0.3) is 66.3 Å². The van der Waals surface area contributed by atoms with E-state index in [2.05, 4.69) is 121 Å². The third-order valence-corrected chi connectivity index (χ3v) is 7.52. The first-order valence-electron chi connectivity index (χ1n) is 12.4. The molecule has 7 rings (SSSR count). The smallest absolute Gasteiger partial charge is 0.113 e. The molecule has 0 saturated heterocycles. The fourth-order valence-electron chi connectivity index (χ4n) is 5.20. The maximum absolute atomic E-state index is 4.81. The van der Waals surface area contributed by atoms with E-state index in [0.717, 1.165) is 33.3 Å². The van der Waals surface area contributed by atoms with Gasteiger partial charge in [0.25, 0.3) is 0 Å². The van der Waals surface area contributed by atoms with Crippen LogP contribution in [0.4, 0.5) is 0 Å². The number of fused-ring (bicyclic) bond motifs is 2. The molecule has 174 valence electrons. The van der Waals surface area contributed by atoms with Crippen LogP contribution in [-0.4, -0.2) is 8.75 Å². The van der Waals surface area contributed by atoms with Crippen molar-refractivity contribution in [3.63, 3.8) is 0 Å². The molecule has 0 N–H and O–H groups in total. The molecule has 1 aromatic heterocycles. The van der Waals surface area contributed by atoms with Gasteiger partial charge in [0.15, 0.2) is 0 Å². The molecule has 37 heavy (non-hydrogen) atoms. The number of hydrogen-bond donors (Lipinski definition) is 0. The first-order chi connectivity index (χ1) is 18.4. The molecule has 6 aromatic carbocycles. The maximum atomic E-state index is 4.81. The Morgan fingerprint density at radius 2 is 0.649 bits per heavy atom. The zero-order valence-corrected chi connectivity index (χ0v) is 20.8. The second-order valence-electron chi connectivity index (χ2n) is 9.14. The Hall–Kier alpha value is -4.60. The highest BCUT2D eigenvalue weighted by Gasteiger charge is 2.19. The average molecular weight is 491 g/mol. The second kappa shape index (κ2) is 9.12. The third-order valence-electron chi connectivity index (χ3n) is 6.99. The Bertz CT molecular complexity index is 1700. The molecule has 0 unspecified atom stereocenters. The van der Waals surface area contributed by atoms with E-state index in [1.165, 1.54) is 44.8 Å². The van der Waals surface area contributed by atoms with E-state index in [-0.39, 0.29) is 0 Å². The Balaban J connectivity index is 1.40. The van der Waals surface area contributed by atoms with E-state index >= 15 is 0 Å². The highest BCUT2D eigenvalue weighted by atomic mass is 32.1. The number of rotatable bonds is 4. The van der Waals surface area contributed by atoms with Crippen molar-refractivity contribution < 1.29 is 0 Å². The van der Waals surface area contributed by atoms with Crippen molar-refractivity contribution >= 4 is 33.5 Å². The Morgan fingerprint density at radius 3 is 1.05 bits per heavy atom. The van der Waals surface area contributed by atoms with E-state index in [4.69, 9.17) is 8.75 Å². The van der Waals surface area contributed by atoms with Gasteiger partial charge in [0.05, 0.1) is 11.7 Å². The normalized spacial score (nSPS) is 11.2. The SMILES string of the molecule is c1ccc(-c2ccc(-c3c4ccccc4c(-c4ccc(-c5ccccc5)cc4)c4nsnc34)cc2)cc1. The standard InChI is InChI=1S/C34H22N2S/c1-3-9-23(10-4-1)25-15-19-27(20-16-25)31-29-13-7-8-14-30(29)32(34-33(31)35-37-36-34)28-21-17-26(18-22-28)24-11-5-2-6-12-24/h1-22H. The van der Waals surface area contributed by atoms with Crippen LogP contribution in [0.15, 0.2) is 133 Å². The number of hydrogen-bond acceptors (Lipinski definition) is 3. The number of nitrogens with zero attached hydrogens (tertiary/aromatic N) is 2. The summed E-state index contributed by atoms with van der Waals surface area (Å²) in [4.78, 5) is 0. The predicted molar refractivity (Wildman–Crippen MR) is 157 cm³/mol. The van der Waals surface area contributed by atoms with E-state index in [1.807, 2.05) is 12.1 Å². The summed E-state index contributed by atoms with van der Waals surface area (Å²) in [7, 11) is 0. The van der Waals surface area contributed by atoms with Crippen LogP contribution >= 0.6 is 11.7 Å². The van der Waals surface area contributed by atoms with Crippen molar-refractivity contribution in [2.75, 3.05) is 0 Å². The van der Waals surface area contributed by atoms with Crippen LogP contribution < -0.4 is 0 Å². The summed E-state index contributed by atoms with van der Waals surface area (Å²) < 4.78 is 9.62. The summed E-state index contributed by atoms with van der Waals surface area (Å²) in [5, 5.41) is 2.38. The lowest BCUT2D eigenvalue weighted by atomic mass is 9.89. The summed E-state index contributed by atoms with van der Waals surface area (Å²) in [6.45, 7) is 0. The van der Waals surface area contributed by atoms with Gasteiger partial charge in [0, 0.05) is 11.1 Å². The minimum Gasteiger partial charge on any atom is -0.172 e. The summed E-state index contributed by atoms with van der Waals surface area (Å²) in [5.41, 5.74) is 11.3. The number of benzene rings is 6. The van der Waals surface area contributed by atoms with E-state index in [0.29, 0.717) is 0 Å². The van der Waals surface area contributed by atoms with Gasteiger partial charge >= 0.3 is 0 Å². The Kier molecular flexibility index (Phi) is 5.34. The zero-order valence-electron chi connectivity index (χ0n) is 20.0. The van der Waals surface area contributed by atoms with Crippen LogP contribution in [0.3, 0.4) is 0 Å². The van der Waals surface area contributed by atoms with Gasteiger partial charge in [0.2, 0.25) is 0 Å². The molecule has 0 saturated carbocycles. The molecule has 2 nitrogen and oxygen atoms in total. The molecule has 3 heteroatoms. The molecule has 0 aliphatic carbocycles. The van der Waals surface area contributed by atoms with Crippen molar-refractivity contribution in [2.45, 2.75) is 0 Å². The van der Waals surface area contributed by atoms with Crippen LogP contribution in [-0.2, 0) is 0 Å². The van der Waals surface area contributed by atoms with E-state index in [9.17, 15) is 0 Å². The van der Waals surface area contributed by atoms with Crippen molar-refractivity contribution in [2.24, 2.45) is 0 Å². The summed E-state index contributed by atoms with van der Waals surface area (Å²) >= 11 is 1.28. The first kappa shape index (κ1) is 21.7. The summed E-state index contributed by atoms with van der Waals surface area (Å²) in [6, 6.07) is 47.2. The summed E-state index contributed by atoms with van der Waals surface area (Å²) in [6.07, 6.45) is 0. The molecule has 0 radical (unpaired) electrons. The van der Waals surface area contributed by atoms with Crippen molar-refractivity contribution in [3.8, 4) is 44.5 Å². The maximum Gasteiger partial charge on any atom is 0.113 e. The van der Waals surface area contributed by atoms with Crippen LogP contribution in [0.2, 0.25) is 0 Å². The van der Waals surface area contributed by atoms with Gasteiger partial charge in [-0.25, -0.2) is 0 Å². The average Bonchev–Trinajstić information content (AvgIpc) is 3.46. The van der Waals surface area contributed by atoms with Crippen molar-refractivity contribution in [1.29, 1.82) is 0 Å². The van der Waals surface area contributed by atoms with Crippen LogP contribution in [0, 0.1) is 0 Å². The third kappa shape index (κ3) is 3.81. The van der Waals surface area contributed by atoms with Gasteiger partial charge in [0.1, 0.15) is 11.0 Å². The molecule has 0 atom stereocenters. The van der Waals surface area contributed by atoms with Gasteiger partial charge in [-0.2, -0.15) is 8.75 Å². The molecular formula is C34H22N2S. The first-order valence-corrected chi connectivity index (χ1v) is 13.1. The van der Waals surface area contributed by atoms with Crippen LogP contribution in [0.1, 0.15) is 0 Å². The molecule has 0 amide bonds. The van der Waals surface area contributed by atoms with Gasteiger partial charge in [-0.1, -0.05) is 133 Å². The fourth-order valence-corrected chi connectivity index (χ4v) is 5.75. The van der Waals surface area contributed by atoms with Gasteiger partial charge in [-0.15, -0.1) is 0 Å². The fraction of sp³-hybridized carbons (Fsp3) is 0. The van der Waals surface area contributed by atoms with Crippen molar-refractivity contribution in [3.05, 3.63) is 133 Å². The van der Waals surface area contributed by atoms with Gasteiger partial charge in [-0.05, 0) is 44.2 Å². The molecule has 0 aliphatic heterocycles. The minimum atomic E-state index is 0.957. The molecule has 7 aromatic rings. The quantitative estimate of drug-likeness (QED) is 0.245. The topological polar surface area (TPSA) is 25.8 Å². The van der Waals surface area contributed by atoms with E-state index in [1.54, 1.807) is 0 Å². The molecular weight excluding hydrogens is 468 g/mol. The zero-order chi connectivity index (χ0) is 24.6. The molecule has 0 bridgehead atoms. The predicted octanol–water partition coefficient (Wildman–Crippen LogP) is 9.51. The monoisotopic (exact) mass is 490 g/mol. The molecule has 0 spiro atoms. The van der Waals surface area contributed by atoms with Gasteiger partial charge < -0.3 is 0 Å². The number of aromatic nitrogens is 2. The lowest BCUT2D eigenvalue weighted by Gasteiger charge is -2.14. The molecule has 0 aliphatic rings. The summed E-state index contributed by atoms with van der Waals surface area (Å²) in [5.74, 6) is 0. The lowest BCUT2D eigenvalue weighted by Crippen LogP contribution is -1.90. The Morgan fingerprint density at radius 1 is 0.324 bits per heavy atom.